The summed E-state index contributed by atoms with van der Waals surface area (Å²) in [6.07, 6.45) is -0.544. The number of rotatable bonds is 7. The fourth-order valence-corrected chi connectivity index (χ4v) is 2.72. The monoisotopic (exact) mass is 343 g/mol. The Morgan fingerprint density at radius 2 is 1.75 bits per heavy atom. The lowest BCUT2D eigenvalue weighted by Crippen LogP contribution is -2.15. The summed E-state index contributed by atoms with van der Waals surface area (Å²) >= 11 is 1.53. The summed E-state index contributed by atoms with van der Waals surface area (Å²) < 4.78 is 4.99. The molecule has 2 rings (SSSR count). The van der Waals surface area contributed by atoms with Crippen LogP contribution in [-0.4, -0.2) is 23.8 Å². The molecular formula is C18H17NO4S. The second kappa shape index (κ2) is 8.79. The van der Waals surface area contributed by atoms with Gasteiger partial charge < -0.3 is 9.84 Å². The number of carboxylic acids is 1. The zero-order valence-corrected chi connectivity index (χ0v) is 13.7. The van der Waals surface area contributed by atoms with E-state index < -0.39 is 12.1 Å². The first-order chi connectivity index (χ1) is 11.6. The third-order valence-electron chi connectivity index (χ3n) is 3.03. The standard InChI is InChI=1S/C18H17NO4S/c1-13(17(20)21)11-12-23-18(22)19-15-9-5-6-10-16(15)24-14-7-3-2-4-8-14/h2-10H,1,11-12H2,(H,19,22)(H,20,21). The van der Waals surface area contributed by atoms with Crippen LogP contribution in [0.5, 0.6) is 0 Å². The maximum Gasteiger partial charge on any atom is 0.411 e. The van der Waals surface area contributed by atoms with Gasteiger partial charge in [-0.1, -0.05) is 48.7 Å². The SMILES string of the molecule is C=C(CCOC(=O)Nc1ccccc1Sc1ccccc1)C(=O)O. The van der Waals surface area contributed by atoms with Crippen molar-refractivity contribution in [3.63, 3.8) is 0 Å². The Balaban J connectivity index is 1.93. The Morgan fingerprint density at radius 1 is 1.08 bits per heavy atom. The maximum atomic E-state index is 11.8. The summed E-state index contributed by atoms with van der Waals surface area (Å²) in [6, 6.07) is 17.2. The molecule has 24 heavy (non-hydrogen) atoms. The van der Waals surface area contributed by atoms with E-state index in [1.54, 1.807) is 6.07 Å². The topological polar surface area (TPSA) is 75.6 Å². The summed E-state index contributed by atoms with van der Waals surface area (Å²) in [4.78, 5) is 24.4. The number of amides is 1. The van der Waals surface area contributed by atoms with Crippen molar-refractivity contribution in [2.45, 2.75) is 16.2 Å². The predicted molar refractivity (Wildman–Crippen MR) is 93.4 cm³/mol. The van der Waals surface area contributed by atoms with Crippen molar-refractivity contribution >= 4 is 29.5 Å². The Hall–Kier alpha value is -2.73. The maximum absolute atomic E-state index is 11.8. The average Bonchev–Trinajstić information content (AvgIpc) is 2.57. The van der Waals surface area contributed by atoms with Gasteiger partial charge in [0.15, 0.2) is 0 Å². The van der Waals surface area contributed by atoms with Crippen molar-refractivity contribution in [1.82, 2.24) is 0 Å². The molecule has 0 unspecified atom stereocenters. The van der Waals surface area contributed by atoms with Crippen molar-refractivity contribution in [3.05, 3.63) is 66.7 Å². The van der Waals surface area contributed by atoms with Crippen molar-refractivity contribution in [2.75, 3.05) is 11.9 Å². The molecule has 0 saturated heterocycles. The van der Waals surface area contributed by atoms with Crippen LogP contribution in [0.2, 0.25) is 0 Å². The molecule has 0 fully saturated rings. The van der Waals surface area contributed by atoms with Crippen LogP contribution in [0.3, 0.4) is 0 Å². The summed E-state index contributed by atoms with van der Waals surface area (Å²) in [5.41, 5.74) is 0.635. The summed E-state index contributed by atoms with van der Waals surface area (Å²) in [6.45, 7) is 3.34. The van der Waals surface area contributed by atoms with Crippen LogP contribution in [-0.2, 0) is 9.53 Å². The van der Waals surface area contributed by atoms with Gasteiger partial charge in [0.1, 0.15) is 0 Å². The van der Waals surface area contributed by atoms with Gasteiger partial charge in [0.25, 0.3) is 0 Å². The first-order valence-corrected chi connectivity index (χ1v) is 8.04. The molecule has 0 saturated carbocycles. The highest BCUT2D eigenvalue weighted by Crippen LogP contribution is 2.33. The van der Waals surface area contributed by atoms with Crippen molar-refractivity contribution < 1.29 is 19.4 Å². The Labute approximate surface area is 144 Å². The first-order valence-electron chi connectivity index (χ1n) is 7.23. The van der Waals surface area contributed by atoms with E-state index in [0.29, 0.717) is 5.69 Å². The van der Waals surface area contributed by atoms with E-state index in [2.05, 4.69) is 11.9 Å². The van der Waals surface area contributed by atoms with Gasteiger partial charge in [0.2, 0.25) is 0 Å². The third-order valence-corrected chi connectivity index (χ3v) is 4.12. The molecule has 2 N–H and O–H groups in total. The summed E-state index contributed by atoms with van der Waals surface area (Å²) in [5.74, 6) is -1.09. The van der Waals surface area contributed by atoms with Gasteiger partial charge in [-0.2, -0.15) is 0 Å². The smallest absolute Gasteiger partial charge is 0.411 e. The first kappa shape index (κ1) is 17.6. The molecule has 0 radical (unpaired) electrons. The zero-order chi connectivity index (χ0) is 17.4. The van der Waals surface area contributed by atoms with Gasteiger partial charge >= 0.3 is 12.1 Å². The minimum atomic E-state index is -1.09. The molecule has 0 aliphatic carbocycles. The van der Waals surface area contributed by atoms with Crippen LogP contribution in [0.25, 0.3) is 0 Å². The minimum Gasteiger partial charge on any atom is -0.478 e. The zero-order valence-electron chi connectivity index (χ0n) is 12.9. The van der Waals surface area contributed by atoms with Crippen molar-refractivity contribution in [2.24, 2.45) is 0 Å². The molecule has 1 amide bonds. The number of carbonyl (C=O) groups excluding carboxylic acids is 1. The van der Waals surface area contributed by atoms with Gasteiger partial charge in [0.05, 0.1) is 12.3 Å². The second-order valence-corrected chi connectivity index (χ2v) is 5.95. The van der Waals surface area contributed by atoms with E-state index in [-0.39, 0.29) is 18.6 Å². The van der Waals surface area contributed by atoms with E-state index in [1.165, 1.54) is 11.8 Å². The summed E-state index contributed by atoms with van der Waals surface area (Å²) in [7, 11) is 0. The predicted octanol–water partition coefficient (Wildman–Crippen LogP) is 4.42. The normalized spacial score (nSPS) is 10.0. The Morgan fingerprint density at radius 3 is 2.46 bits per heavy atom. The van der Waals surface area contributed by atoms with Gasteiger partial charge in [-0.05, 0) is 24.3 Å². The van der Waals surface area contributed by atoms with Gasteiger partial charge in [-0.15, -0.1) is 0 Å². The number of carbonyl (C=O) groups is 2. The average molecular weight is 343 g/mol. The fourth-order valence-electron chi connectivity index (χ4n) is 1.79. The van der Waals surface area contributed by atoms with Crippen LogP contribution in [0, 0.1) is 0 Å². The molecule has 0 spiro atoms. The number of carboxylic acid groups (broad SMARTS) is 1. The van der Waals surface area contributed by atoms with Crippen molar-refractivity contribution in [1.29, 1.82) is 0 Å². The number of nitrogens with one attached hydrogen (secondary N) is 1. The largest absolute Gasteiger partial charge is 0.478 e. The molecule has 2 aromatic carbocycles. The van der Waals surface area contributed by atoms with E-state index in [0.717, 1.165) is 9.79 Å². The Bertz CT molecular complexity index is 731. The van der Waals surface area contributed by atoms with E-state index in [1.807, 2.05) is 48.5 Å². The molecule has 124 valence electrons. The molecule has 0 heterocycles. The lowest BCUT2D eigenvalue weighted by atomic mass is 10.2. The highest BCUT2D eigenvalue weighted by atomic mass is 32.2. The lowest BCUT2D eigenvalue weighted by Gasteiger charge is -2.11. The number of hydrogen-bond acceptors (Lipinski definition) is 4. The van der Waals surface area contributed by atoms with Gasteiger partial charge in [-0.25, -0.2) is 9.59 Å². The van der Waals surface area contributed by atoms with Gasteiger partial charge in [0, 0.05) is 21.8 Å². The number of aliphatic carboxylic acids is 1. The van der Waals surface area contributed by atoms with Crippen LogP contribution in [0.4, 0.5) is 10.5 Å². The number of ether oxygens (including phenoxy) is 1. The van der Waals surface area contributed by atoms with Gasteiger partial charge in [-0.3, -0.25) is 5.32 Å². The van der Waals surface area contributed by atoms with Crippen LogP contribution >= 0.6 is 11.8 Å². The molecule has 6 heteroatoms. The van der Waals surface area contributed by atoms with Crippen LogP contribution in [0.1, 0.15) is 6.42 Å². The van der Waals surface area contributed by atoms with E-state index in [4.69, 9.17) is 9.84 Å². The number of benzene rings is 2. The fraction of sp³-hybridized carbons (Fsp3) is 0.111. The lowest BCUT2D eigenvalue weighted by molar-refractivity contribution is -0.132. The van der Waals surface area contributed by atoms with Crippen LogP contribution < -0.4 is 5.32 Å². The van der Waals surface area contributed by atoms with E-state index in [9.17, 15) is 9.59 Å². The molecule has 0 atom stereocenters. The highest BCUT2D eigenvalue weighted by molar-refractivity contribution is 7.99. The molecule has 0 aromatic heterocycles. The molecular weight excluding hydrogens is 326 g/mol. The number of hydrogen-bond donors (Lipinski definition) is 2. The Kier molecular flexibility index (Phi) is 6.45. The number of anilines is 1. The summed E-state index contributed by atoms with van der Waals surface area (Å²) in [5, 5.41) is 11.4. The van der Waals surface area contributed by atoms with E-state index >= 15 is 0 Å². The highest BCUT2D eigenvalue weighted by Gasteiger charge is 2.10. The quantitative estimate of drug-likeness (QED) is 0.728. The number of para-hydroxylation sites is 1. The van der Waals surface area contributed by atoms with Crippen LogP contribution in [0.15, 0.2) is 76.5 Å². The second-order valence-electron chi connectivity index (χ2n) is 4.83. The van der Waals surface area contributed by atoms with Crippen molar-refractivity contribution in [3.8, 4) is 0 Å². The molecule has 0 aliphatic rings. The molecule has 5 nitrogen and oxygen atoms in total. The third kappa shape index (κ3) is 5.48. The molecule has 2 aromatic rings. The minimum absolute atomic E-state index is 0.00262. The molecule has 0 aliphatic heterocycles. The molecule has 0 bridgehead atoms.